The number of nitrogens with zero attached hydrogens (tertiary/aromatic N) is 1. The molecule has 0 atom stereocenters. The van der Waals surface area contributed by atoms with Gasteiger partial charge in [-0.05, 0) is 18.9 Å². The van der Waals surface area contributed by atoms with Crippen LogP contribution in [0, 0.1) is 6.92 Å². The summed E-state index contributed by atoms with van der Waals surface area (Å²) in [6, 6.07) is 4.09. The summed E-state index contributed by atoms with van der Waals surface area (Å²) >= 11 is 0. The van der Waals surface area contributed by atoms with Gasteiger partial charge in [0, 0.05) is 11.3 Å². The van der Waals surface area contributed by atoms with Crippen LogP contribution in [-0.4, -0.2) is 12.1 Å². The molecule has 66 valence electrons. The van der Waals surface area contributed by atoms with Crippen molar-refractivity contribution in [2.45, 2.75) is 26.7 Å². The van der Waals surface area contributed by atoms with Crippen molar-refractivity contribution in [3.63, 3.8) is 0 Å². The maximum atomic E-state index is 5.12. The summed E-state index contributed by atoms with van der Waals surface area (Å²) in [6.07, 6.45) is 0. The van der Waals surface area contributed by atoms with Crippen LogP contribution in [0.25, 0.3) is 0 Å². The topological polar surface area (TPSA) is 22.1 Å². The highest BCUT2D eigenvalue weighted by Crippen LogP contribution is 2.18. The Morgan fingerprint density at radius 2 is 2.00 bits per heavy atom. The van der Waals surface area contributed by atoms with Crippen molar-refractivity contribution in [1.82, 2.24) is 4.98 Å². The first kappa shape index (κ1) is 9.04. The fourth-order valence-electron chi connectivity index (χ4n) is 1.05. The van der Waals surface area contributed by atoms with Crippen molar-refractivity contribution in [3.8, 4) is 5.88 Å². The summed E-state index contributed by atoms with van der Waals surface area (Å²) in [4.78, 5) is 4.37. The molecule has 0 aliphatic heterocycles. The summed E-state index contributed by atoms with van der Waals surface area (Å²) < 4.78 is 5.12. The van der Waals surface area contributed by atoms with Gasteiger partial charge in [0.05, 0.1) is 7.11 Å². The first-order valence-electron chi connectivity index (χ1n) is 4.16. The third-order valence-corrected chi connectivity index (χ3v) is 1.86. The molecule has 0 radical (unpaired) electrons. The number of pyridine rings is 1. The lowest BCUT2D eigenvalue weighted by atomic mass is 10.1. The van der Waals surface area contributed by atoms with Crippen LogP contribution >= 0.6 is 0 Å². The zero-order valence-electron chi connectivity index (χ0n) is 8.09. The molecule has 0 N–H and O–H groups in total. The molecule has 2 nitrogen and oxygen atoms in total. The number of hydrogen-bond donors (Lipinski definition) is 0. The average molecular weight is 165 g/mol. The molecule has 1 heterocycles. The Labute approximate surface area is 73.6 Å². The van der Waals surface area contributed by atoms with Crippen molar-refractivity contribution in [3.05, 3.63) is 23.4 Å². The van der Waals surface area contributed by atoms with Gasteiger partial charge in [0.25, 0.3) is 0 Å². The largest absolute Gasteiger partial charge is 0.481 e. The second kappa shape index (κ2) is 3.57. The molecule has 0 bridgehead atoms. The minimum Gasteiger partial charge on any atom is -0.481 e. The first-order valence-corrected chi connectivity index (χ1v) is 4.16. The molecule has 0 fully saturated rings. The van der Waals surface area contributed by atoms with Crippen LogP contribution in [-0.2, 0) is 0 Å². The van der Waals surface area contributed by atoms with Gasteiger partial charge in [-0.2, -0.15) is 0 Å². The van der Waals surface area contributed by atoms with E-state index in [1.165, 1.54) is 0 Å². The summed E-state index contributed by atoms with van der Waals surface area (Å²) in [6.45, 7) is 6.24. The van der Waals surface area contributed by atoms with Gasteiger partial charge in [-0.1, -0.05) is 19.9 Å². The second-order valence-corrected chi connectivity index (χ2v) is 3.22. The van der Waals surface area contributed by atoms with E-state index in [2.05, 4.69) is 18.8 Å². The predicted molar refractivity (Wildman–Crippen MR) is 49.6 cm³/mol. The molecule has 1 aromatic heterocycles. The Bertz CT molecular complexity index is 269. The van der Waals surface area contributed by atoms with Gasteiger partial charge >= 0.3 is 0 Å². The average Bonchev–Trinajstić information content (AvgIpc) is 2.05. The van der Waals surface area contributed by atoms with Gasteiger partial charge in [-0.25, -0.2) is 4.98 Å². The van der Waals surface area contributed by atoms with Crippen molar-refractivity contribution >= 4 is 0 Å². The van der Waals surface area contributed by atoms with Crippen LogP contribution in [0.5, 0.6) is 5.88 Å². The maximum Gasteiger partial charge on any atom is 0.216 e. The van der Waals surface area contributed by atoms with Crippen molar-refractivity contribution in [2.75, 3.05) is 7.11 Å². The lowest BCUT2D eigenvalue weighted by Gasteiger charge is -2.08. The van der Waals surface area contributed by atoms with E-state index in [0.717, 1.165) is 17.1 Å². The molecule has 1 aromatic rings. The van der Waals surface area contributed by atoms with Gasteiger partial charge < -0.3 is 4.74 Å². The Morgan fingerprint density at radius 3 is 2.50 bits per heavy atom. The van der Waals surface area contributed by atoms with E-state index >= 15 is 0 Å². The Morgan fingerprint density at radius 1 is 1.33 bits per heavy atom. The van der Waals surface area contributed by atoms with Crippen LogP contribution in [0.1, 0.15) is 31.0 Å². The van der Waals surface area contributed by atoms with E-state index in [9.17, 15) is 0 Å². The Hall–Kier alpha value is -1.05. The van der Waals surface area contributed by atoms with E-state index in [0.29, 0.717) is 5.92 Å². The molecule has 2 heteroatoms. The summed E-state index contributed by atoms with van der Waals surface area (Å²) in [5, 5.41) is 0. The zero-order chi connectivity index (χ0) is 9.14. The molecule has 0 aliphatic carbocycles. The molecule has 12 heavy (non-hydrogen) atoms. The van der Waals surface area contributed by atoms with Crippen molar-refractivity contribution in [2.24, 2.45) is 0 Å². The number of aryl methyl sites for hydroxylation is 1. The molecule has 0 saturated heterocycles. The molecular weight excluding hydrogens is 150 g/mol. The highest BCUT2D eigenvalue weighted by atomic mass is 16.5. The standard InChI is InChI=1S/C10H15NO/c1-7(2)9-6-5-8(3)10(11-9)12-4/h5-7H,1-4H3. The SMILES string of the molecule is COc1nc(C(C)C)ccc1C. The highest BCUT2D eigenvalue weighted by Gasteiger charge is 2.04. The lowest BCUT2D eigenvalue weighted by Crippen LogP contribution is -1.97. The molecule has 0 spiro atoms. The quantitative estimate of drug-likeness (QED) is 0.671. The fraction of sp³-hybridized carbons (Fsp3) is 0.500. The predicted octanol–water partition coefficient (Wildman–Crippen LogP) is 2.52. The minimum absolute atomic E-state index is 0.458. The van der Waals surface area contributed by atoms with Crippen LogP contribution in [0.15, 0.2) is 12.1 Å². The third kappa shape index (κ3) is 1.76. The van der Waals surface area contributed by atoms with E-state index in [-0.39, 0.29) is 0 Å². The minimum atomic E-state index is 0.458. The number of hydrogen-bond acceptors (Lipinski definition) is 2. The van der Waals surface area contributed by atoms with E-state index < -0.39 is 0 Å². The molecule has 1 rings (SSSR count). The van der Waals surface area contributed by atoms with Crippen LogP contribution < -0.4 is 4.74 Å². The van der Waals surface area contributed by atoms with E-state index in [1.807, 2.05) is 19.1 Å². The zero-order valence-corrected chi connectivity index (χ0v) is 8.09. The summed E-state index contributed by atoms with van der Waals surface area (Å²) in [5.41, 5.74) is 2.17. The van der Waals surface area contributed by atoms with Crippen LogP contribution in [0.4, 0.5) is 0 Å². The van der Waals surface area contributed by atoms with Gasteiger partial charge in [-0.15, -0.1) is 0 Å². The Balaban J connectivity index is 3.05. The van der Waals surface area contributed by atoms with Crippen LogP contribution in [0.2, 0.25) is 0 Å². The molecule has 0 unspecified atom stereocenters. The van der Waals surface area contributed by atoms with Crippen LogP contribution in [0.3, 0.4) is 0 Å². The molecule has 0 aliphatic rings. The van der Waals surface area contributed by atoms with E-state index in [1.54, 1.807) is 7.11 Å². The molecule has 0 aromatic carbocycles. The van der Waals surface area contributed by atoms with Crippen molar-refractivity contribution < 1.29 is 4.74 Å². The summed E-state index contributed by atoms with van der Waals surface area (Å²) in [5.74, 6) is 1.20. The van der Waals surface area contributed by atoms with Gasteiger partial charge in [0.15, 0.2) is 0 Å². The smallest absolute Gasteiger partial charge is 0.216 e. The normalized spacial score (nSPS) is 10.4. The fourth-order valence-corrected chi connectivity index (χ4v) is 1.05. The second-order valence-electron chi connectivity index (χ2n) is 3.22. The number of methoxy groups -OCH3 is 1. The lowest BCUT2D eigenvalue weighted by molar-refractivity contribution is 0.392. The van der Waals surface area contributed by atoms with Crippen molar-refractivity contribution in [1.29, 1.82) is 0 Å². The monoisotopic (exact) mass is 165 g/mol. The van der Waals surface area contributed by atoms with Gasteiger partial charge in [0.2, 0.25) is 5.88 Å². The number of ether oxygens (including phenoxy) is 1. The summed E-state index contributed by atoms with van der Waals surface area (Å²) in [7, 11) is 1.65. The molecule has 0 amide bonds. The Kier molecular flexibility index (Phi) is 2.69. The van der Waals surface area contributed by atoms with E-state index in [4.69, 9.17) is 4.74 Å². The molecular formula is C10H15NO. The van der Waals surface area contributed by atoms with Gasteiger partial charge in [-0.3, -0.25) is 0 Å². The number of aromatic nitrogens is 1. The maximum absolute atomic E-state index is 5.12. The van der Waals surface area contributed by atoms with Gasteiger partial charge in [0.1, 0.15) is 0 Å². The molecule has 0 saturated carbocycles. The first-order chi connectivity index (χ1) is 5.65. The highest BCUT2D eigenvalue weighted by molar-refractivity contribution is 5.27. The third-order valence-electron chi connectivity index (χ3n) is 1.86. The number of rotatable bonds is 2.